The van der Waals surface area contributed by atoms with Crippen LogP contribution in [0.15, 0.2) is 47.7 Å². The first-order chi connectivity index (χ1) is 9.49. The Labute approximate surface area is 126 Å². The van der Waals surface area contributed by atoms with Crippen LogP contribution in [0.1, 0.15) is 19.4 Å². The first-order valence-corrected chi connectivity index (χ1v) is 7.67. The molecule has 1 aromatic rings. The van der Waals surface area contributed by atoms with Crippen molar-refractivity contribution in [2.45, 2.75) is 13.8 Å². The summed E-state index contributed by atoms with van der Waals surface area (Å²) >= 11 is 1.73. The first-order valence-electron chi connectivity index (χ1n) is 6.44. The van der Waals surface area contributed by atoms with Crippen LogP contribution in [0.25, 0.3) is 4.91 Å². The second kappa shape index (κ2) is 7.80. The third kappa shape index (κ3) is 4.46. The molecule has 108 valence electrons. The minimum absolute atomic E-state index is 0.842. The van der Waals surface area contributed by atoms with E-state index in [1.54, 1.807) is 18.0 Å². The molecule has 3 nitrogen and oxygen atoms in total. The number of aliphatic imine (C=N–C) groups is 1. The van der Waals surface area contributed by atoms with Gasteiger partial charge in [-0.2, -0.15) is 0 Å². The number of nitrogens with zero attached hydrogens (tertiary/aromatic N) is 2. The summed E-state index contributed by atoms with van der Waals surface area (Å²) in [4.78, 5) is 7.44. The smallest absolute Gasteiger partial charge is 0.102 e. The van der Waals surface area contributed by atoms with Crippen LogP contribution in [0, 0.1) is 0 Å². The lowest BCUT2D eigenvalue weighted by Gasteiger charge is -2.15. The van der Waals surface area contributed by atoms with Gasteiger partial charge in [-0.1, -0.05) is 18.7 Å². The molecule has 1 N–H and O–H groups in total. The molecule has 1 aromatic carbocycles. The van der Waals surface area contributed by atoms with E-state index in [1.165, 1.54) is 16.2 Å². The summed E-state index contributed by atoms with van der Waals surface area (Å²) in [5, 5.41) is 3.29. The van der Waals surface area contributed by atoms with E-state index in [0.717, 1.165) is 11.5 Å². The van der Waals surface area contributed by atoms with Crippen molar-refractivity contribution in [3.63, 3.8) is 0 Å². The molecule has 0 aliphatic heterocycles. The minimum atomic E-state index is 0.842. The quantitative estimate of drug-likeness (QED) is 0.657. The summed E-state index contributed by atoms with van der Waals surface area (Å²) in [7, 11) is 4.09. The Morgan fingerprint density at radius 3 is 2.30 bits per heavy atom. The van der Waals surface area contributed by atoms with Gasteiger partial charge in [0.05, 0.1) is 0 Å². The van der Waals surface area contributed by atoms with Gasteiger partial charge in [0.15, 0.2) is 0 Å². The fraction of sp³-hybridized carbons (Fsp3) is 0.312. The molecule has 0 aliphatic rings. The maximum atomic E-state index is 4.13. The van der Waals surface area contributed by atoms with Gasteiger partial charge in [-0.3, -0.25) is 0 Å². The van der Waals surface area contributed by atoms with E-state index < -0.39 is 0 Å². The number of anilines is 1. The third-order valence-corrected chi connectivity index (χ3v) is 3.79. The van der Waals surface area contributed by atoms with Gasteiger partial charge in [0.25, 0.3) is 0 Å². The summed E-state index contributed by atoms with van der Waals surface area (Å²) in [6, 6.07) is 8.55. The normalized spacial score (nSPS) is 12.8. The lowest BCUT2D eigenvalue weighted by atomic mass is 10.1. The summed E-state index contributed by atoms with van der Waals surface area (Å²) in [5.41, 5.74) is 3.50. The number of thioether (sulfide) groups is 1. The summed E-state index contributed by atoms with van der Waals surface area (Å²) in [5.74, 6) is 0.842. The number of hydrogen-bond donors (Lipinski definition) is 1. The molecule has 0 heterocycles. The zero-order chi connectivity index (χ0) is 15.1. The average molecular weight is 289 g/mol. The Bertz CT molecular complexity index is 513. The van der Waals surface area contributed by atoms with Gasteiger partial charge in [-0.25, -0.2) is 4.99 Å². The van der Waals surface area contributed by atoms with E-state index in [4.69, 9.17) is 0 Å². The SMILES string of the molecule is C=CN=C(C)N/C(C)=C(\SC)c1ccc(N(C)C)cc1. The monoisotopic (exact) mass is 289 g/mol. The largest absolute Gasteiger partial charge is 0.378 e. The second-order valence-corrected chi connectivity index (χ2v) is 5.44. The maximum Gasteiger partial charge on any atom is 0.102 e. The molecule has 0 saturated carbocycles. The molecule has 0 bridgehead atoms. The topological polar surface area (TPSA) is 27.6 Å². The highest BCUT2D eigenvalue weighted by Gasteiger charge is 2.06. The van der Waals surface area contributed by atoms with Gasteiger partial charge in [0, 0.05) is 36.6 Å². The van der Waals surface area contributed by atoms with Gasteiger partial charge in [-0.05, 0) is 37.8 Å². The van der Waals surface area contributed by atoms with E-state index in [-0.39, 0.29) is 0 Å². The lowest BCUT2D eigenvalue weighted by molar-refractivity contribution is 1.11. The van der Waals surface area contributed by atoms with Crippen LogP contribution in [0.4, 0.5) is 5.69 Å². The van der Waals surface area contributed by atoms with Crippen molar-refractivity contribution >= 4 is 28.2 Å². The van der Waals surface area contributed by atoms with E-state index in [1.807, 2.05) is 21.0 Å². The van der Waals surface area contributed by atoms with Crippen LogP contribution >= 0.6 is 11.8 Å². The van der Waals surface area contributed by atoms with Crippen LogP contribution < -0.4 is 10.2 Å². The fourth-order valence-electron chi connectivity index (χ4n) is 1.90. The van der Waals surface area contributed by atoms with E-state index >= 15 is 0 Å². The molecule has 0 saturated heterocycles. The van der Waals surface area contributed by atoms with Gasteiger partial charge in [0.1, 0.15) is 5.84 Å². The number of nitrogens with one attached hydrogen (secondary N) is 1. The molecular weight excluding hydrogens is 266 g/mol. The lowest BCUT2D eigenvalue weighted by Crippen LogP contribution is -2.18. The van der Waals surface area contributed by atoms with Crippen LogP contribution in [-0.4, -0.2) is 26.2 Å². The standard InChI is InChI=1S/C16H23N3S/c1-7-17-13(3)18-12(2)16(20-6)14-8-10-15(11-9-14)19(4)5/h7-11H,1H2,2-6H3,(H,17,18)/b16-12-. The zero-order valence-corrected chi connectivity index (χ0v) is 13.7. The van der Waals surface area contributed by atoms with Crippen molar-refractivity contribution < 1.29 is 0 Å². The van der Waals surface area contributed by atoms with Crippen molar-refractivity contribution in [1.29, 1.82) is 0 Å². The van der Waals surface area contributed by atoms with E-state index in [9.17, 15) is 0 Å². The molecule has 0 radical (unpaired) electrons. The van der Waals surface area contributed by atoms with Crippen LogP contribution in [0.5, 0.6) is 0 Å². The molecule has 0 amide bonds. The maximum absolute atomic E-state index is 4.13. The number of rotatable bonds is 5. The molecule has 0 aromatic heterocycles. The van der Waals surface area contributed by atoms with Crippen molar-refractivity contribution in [1.82, 2.24) is 5.32 Å². The zero-order valence-electron chi connectivity index (χ0n) is 12.9. The van der Waals surface area contributed by atoms with Crippen LogP contribution in [0.3, 0.4) is 0 Å². The highest BCUT2D eigenvalue weighted by molar-refractivity contribution is 8.07. The Morgan fingerprint density at radius 1 is 1.25 bits per heavy atom. The number of amidine groups is 1. The fourth-order valence-corrected chi connectivity index (χ4v) is 2.62. The van der Waals surface area contributed by atoms with Crippen molar-refractivity contribution in [3.05, 3.63) is 48.3 Å². The Hall–Kier alpha value is -1.68. The second-order valence-electron chi connectivity index (χ2n) is 4.62. The van der Waals surface area contributed by atoms with Crippen LogP contribution in [-0.2, 0) is 0 Å². The van der Waals surface area contributed by atoms with Crippen LogP contribution in [0.2, 0.25) is 0 Å². The molecule has 0 aliphatic carbocycles. The van der Waals surface area contributed by atoms with E-state index in [0.29, 0.717) is 0 Å². The van der Waals surface area contributed by atoms with Crippen molar-refractivity contribution in [3.8, 4) is 0 Å². The molecule has 0 fully saturated rings. The third-order valence-electron chi connectivity index (χ3n) is 2.84. The average Bonchev–Trinajstić information content (AvgIpc) is 2.40. The van der Waals surface area contributed by atoms with Gasteiger partial charge in [0.2, 0.25) is 0 Å². The summed E-state index contributed by atoms with van der Waals surface area (Å²) < 4.78 is 0. The van der Waals surface area contributed by atoms with Gasteiger partial charge < -0.3 is 10.2 Å². The Kier molecular flexibility index (Phi) is 6.39. The van der Waals surface area contributed by atoms with Crippen molar-refractivity contribution in [2.24, 2.45) is 4.99 Å². The number of allylic oxidation sites excluding steroid dienone is 1. The highest BCUT2D eigenvalue weighted by atomic mass is 32.2. The van der Waals surface area contributed by atoms with Gasteiger partial charge in [-0.15, -0.1) is 11.8 Å². The molecule has 20 heavy (non-hydrogen) atoms. The molecule has 1 rings (SSSR count). The number of benzene rings is 1. The van der Waals surface area contributed by atoms with Gasteiger partial charge >= 0.3 is 0 Å². The predicted octanol–water partition coefficient (Wildman–Crippen LogP) is 3.96. The predicted molar refractivity (Wildman–Crippen MR) is 93.3 cm³/mol. The molecule has 0 spiro atoms. The first kappa shape index (κ1) is 16.4. The Morgan fingerprint density at radius 2 is 1.85 bits per heavy atom. The molecular formula is C16H23N3S. The summed E-state index contributed by atoms with van der Waals surface area (Å²) in [6.45, 7) is 7.60. The number of hydrogen-bond acceptors (Lipinski definition) is 3. The summed E-state index contributed by atoms with van der Waals surface area (Å²) in [6.07, 6.45) is 3.63. The van der Waals surface area contributed by atoms with E-state index in [2.05, 4.69) is 59.2 Å². The molecule has 0 atom stereocenters. The molecule has 0 unspecified atom stereocenters. The Balaban J connectivity index is 3.05. The molecule has 4 heteroatoms. The minimum Gasteiger partial charge on any atom is -0.378 e. The van der Waals surface area contributed by atoms with Crippen molar-refractivity contribution in [2.75, 3.05) is 25.3 Å². The highest BCUT2D eigenvalue weighted by Crippen LogP contribution is 2.29.